The number of benzene rings is 4. The molecule has 10 atom stereocenters. The number of carbonyl (C=O) groups excluding carboxylic acids is 2. The number of carbonyl (C=O) groups is 2. The van der Waals surface area contributed by atoms with E-state index in [2.05, 4.69) is 43.5 Å². The Morgan fingerprint density at radius 3 is 1.35 bits per heavy atom. The van der Waals surface area contributed by atoms with Crippen LogP contribution in [0.5, 0.6) is 11.5 Å². The zero-order valence-electron chi connectivity index (χ0n) is 51.6. The van der Waals surface area contributed by atoms with Gasteiger partial charge in [0.2, 0.25) is 20.0 Å². The highest BCUT2D eigenvalue weighted by molar-refractivity contribution is 7.91. The molecule has 0 radical (unpaired) electrons. The molecule has 4 aromatic carbocycles. The van der Waals surface area contributed by atoms with Gasteiger partial charge < -0.3 is 39.0 Å². The number of sulfonamides is 2. The third-order valence-corrected chi connectivity index (χ3v) is 25.8. The largest absolute Gasteiger partial charge is 0.490 e. The Labute approximate surface area is 531 Å². The molecule has 16 nitrogen and oxygen atoms in total. The van der Waals surface area contributed by atoms with Gasteiger partial charge in [0.05, 0.1) is 59.5 Å². The van der Waals surface area contributed by atoms with Crippen molar-refractivity contribution in [2.75, 3.05) is 76.6 Å². The maximum Gasteiger partial charge on any atom is 0.264 e. The topological polar surface area (TPSA) is 210 Å². The number of aliphatic hydroxyl groups is 2. The minimum absolute atomic E-state index is 0.0635. The van der Waals surface area contributed by atoms with E-state index in [9.17, 15) is 36.6 Å². The van der Waals surface area contributed by atoms with Crippen molar-refractivity contribution in [2.24, 2.45) is 23.7 Å². The van der Waals surface area contributed by atoms with E-state index in [0.29, 0.717) is 115 Å². The summed E-state index contributed by atoms with van der Waals surface area (Å²) in [5, 5.41) is 24.1. The van der Waals surface area contributed by atoms with Gasteiger partial charge in [0, 0.05) is 72.4 Å². The van der Waals surface area contributed by atoms with Crippen LogP contribution in [0, 0.1) is 23.7 Å². The van der Waals surface area contributed by atoms with Crippen molar-refractivity contribution in [3.05, 3.63) is 116 Å². The summed E-state index contributed by atoms with van der Waals surface area (Å²) in [7, 11) is -4.51. The van der Waals surface area contributed by atoms with E-state index in [1.54, 1.807) is 50.6 Å². The van der Waals surface area contributed by atoms with E-state index in [1.165, 1.54) is 22.3 Å². The molecule has 12 rings (SSSR count). The predicted molar refractivity (Wildman–Crippen MR) is 344 cm³/mol. The summed E-state index contributed by atoms with van der Waals surface area (Å²) in [5.41, 5.74) is 4.63. The van der Waals surface area contributed by atoms with Gasteiger partial charge >= 0.3 is 0 Å². The summed E-state index contributed by atoms with van der Waals surface area (Å²) in [5.74, 6) is 0.719. The smallest absolute Gasteiger partial charge is 0.264 e. The lowest BCUT2D eigenvalue weighted by Crippen LogP contribution is -2.54. The van der Waals surface area contributed by atoms with Crippen molar-refractivity contribution in [1.29, 1.82) is 0 Å². The maximum atomic E-state index is 13.4. The Morgan fingerprint density at radius 1 is 0.557 bits per heavy atom. The number of ether oxygens (including phenoxy) is 4. The molecule has 4 N–H and O–H groups in total. The first-order chi connectivity index (χ1) is 42.1. The van der Waals surface area contributed by atoms with Crippen LogP contribution in [0.4, 0.5) is 11.4 Å². The molecule has 4 aliphatic carbocycles. The second-order valence-electron chi connectivity index (χ2n) is 27.0. The fourth-order valence-electron chi connectivity index (χ4n) is 16.6. The fraction of sp³-hybridized carbons (Fsp3) is 0.618. The van der Waals surface area contributed by atoms with Crippen LogP contribution >= 0.6 is 23.2 Å². The number of halogens is 2. The highest BCUT2D eigenvalue weighted by Gasteiger charge is 2.51. The number of amides is 2. The van der Waals surface area contributed by atoms with E-state index in [0.717, 1.165) is 85.6 Å². The van der Waals surface area contributed by atoms with E-state index >= 15 is 0 Å². The predicted octanol–water partition coefficient (Wildman–Crippen LogP) is 11.3. The minimum atomic E-state index is -3.89. The van der Waals surface area contributed by atoms with Gasteiger partial charge in [-0.1, -0.05) is 74.9 Å². The van der Waals surface area contributed by atoms with Crippen molar-refractivity contribution in [2.45, 2.75) is 175 Å². The second kappa shape index (κ2) is 26.5. The molecule has 4 aromatic rings. The van der Waals surface area contributed by atoms with Crippen LogP contribution in [-0.2, 0) is 53.2 Å². The van der Waals surface area contributed by atoms with E-state index < -0.39 is 53.6 Å². The van der Waals surface area contributed by atoms with Gasteiger partial charge in [-0.25, -0.2) is 26.3 Å². The summed E-state index contributed by atoms with van der Waals surface area (Å²) < 4.78 is 82.3. The quantitative estimate of drug-likeness (QED) is 0.142. The fourth-order valence-corrected chi connectivity index (χ4v) is 19.9. The summed E-state index contributed by atoms with van der Waals surface area (Å²) in [6.07, 6.45) is 15.1. The molecule has 4 heterocycles. The number of nitrogens with one attached hydrogen (secondary N) is 2. The highest BCUT2D eigenvalue weighted by Crippen LogP contribution is 2.52. The number of aryl methyl sites for hydroxylation is 2. The molecule has 4 aliphatic heterocycles. The van der Waals surface area contributed by atoms with Gasteiger partial charge in [0.15, 0.2) is 0 Å². The Balaban J connectivity index is 0.000000182. The number of anilines is 2. The molecule has 2 amide bonds. The first kappa shape index (κ1) is 64.9. The van der Waals surface area contributed by atoms with Gasteiger partial charge in [0.25, 0.3) is 11.8 Å². The van der Waals surface area contributed by atoms with Crippen LogP contribution in [0.15, 0.2) is 72.8 Å². The first-order valence-corrected chi connectivity index (χ1v) is 36.2. The van der Waals surface area contributed by atoms with Crippen molar-refractivity contribution >= 4 is 66.4 Å². The molecular weight excluding hydrogens is 1200 g/mol. The molecule has 88 heavy (non-hydrogen) atoms. The molecule has 2 saturated carbocycles. The zero-order chi connectivity index (χ0) is 62.2. The van der Waals surface area contributed by atoms with Crippen LogP contribution in [0.3, 0.4) is 0 Å². The lowest BCUT2D eigenvalue weighted by atomic mass is 9.63. The van der Waals surface area contributed by atoms with E-state index in [-0.39, 0.29) is 58.8 Å². The zero-order valence-corrected chi connectivity index (χ0v) is 54.8. The van der Waals surface area contributed by atoms with Crippen LogP contribution in [0.25, 0.3) is 0 Å². The van der Waals surface area contributed by atoms with Gasteiger partial charge in [-0.3, -0.25) is 9.59 Å². The Hall–Kier alpha value is -4.66. The number of fused-ring (bicyclic) bond motifs is 8. The molecule has 20 heteroatoms. The SMILES string of the molecule is CC[C@@H]1CCCC[C@@](O)(COC)[C@@H]2CC[C@H]2CN2C[C@@]3(CCCc4cc(Cl)ccc43)COc3ccc(cc32)C(=O)NS1(=O)=O.CC[C@@H]1CCCC[C@](O)(COC)[C@@H]2CC[C@H]2CN2C[C@@]3(CCCc4cc(Cl)ccc43)COc3ccc(cc32)C(=O)NS1(=O)=O. The number of methoxy groups -OCH3 is 2. The third-order valence-electron chi connectivity index (χ3n) is 21.5. The molecular formula is C68H90Cl2N4O12S2. The number of nitrogens with zero attached hydrogens (tertiary/aromatic N) is 2. The highest BCUT2D eigenvalue weighted by atomic mass is 35.5. The Bertz CT molecular complexity index is 3220. The van der Waals surface area contributed by atoms with Gasteiger partial charge in [0.1, 0.15) is 11.5 Å². The van der Waals surface area contributed by atoms with Crippen LogP contribution in [0.2, 0.25) is 10.0 Å². The third kappa shape index (κ3) is 13.2. The first-order valence-electron chi connectivity index (χ1n) is 32.3. The van der Waals surface area contributed by atoms with Crippen molar-refractivity contribution in [3.63, 3.8) is 0 Å². The summed E-state index contributed by atoms with van der Waals surface area (Å²) in [6, 6.07) is 22.8. The van der Waals surface area contributed by atoms with Crippen molar-refractivity contribution in [3.8, 4) is 11.5 Å². The lowest BCUT2D eigenvalue weighted by molar-refractivity contribution is -0.125. The van der Waals surface area contributed by atoms with Crippen LogP contribution < -0.4 is 28.7 Å². The van der Waals surface area contributed by atoms with E-state index in [4.69, 9.17) is 42.1 Å². The summed E-state index contributed by atoms with van der Waals surface area (Å²) in [4.78, 5) is 31.5. The van der Waals surface area contributed by atoms with Gasteiger partial charge in [-0.05, 0) is 209 Å². The van der Waals surface area contributed by atoms with E-state index in [1.807, 2.05) is 26.0 Å². The molecule has 4 bridgehead atoms. The minimum Gasteiger partial charge on any atom is -0.490 e. The summed E-state index contributed by atoms with van der Waals surface area (Å²) in [6.45, 7) is 7.90. The molecule has 2 spiro atoms. The van der Waals surface area contributed by atoms with Crippen LogP contribution in [-0.4, -0.2) is 127 Å². The Morgan fingerprint density at radius 2 is 0.977 bits per heavy atom. The molecule has 480 valence electrons. The molecule has 0 saturated heterocycles. The Kier molecular flexibility index (Phi) is 19.5. The summed E-state index contributed by atoms with van der Waals surface area (Å²) >= 11 is 12.8. The number of hydrogen-bond acceptors (Lipinski definition) is 14. The molecule has 2 fully saturated rings. The van der Waals surface area contributed by atoms with Gasteiger partial charge in [-0.15, -0.1) is 0 Å². The van der Waals surface area contributed by atoms with Crippen molar-refractivity contribution in [1.82, 2.24) is 9.44 Å². The molecule has 0 aromatic heterocycles. The average molecular weight is 1290 g/mol. The number of rotatable bonds is 6. The maximum absolute atomic E-state index is 13.4. The number of hydrogen-bond donors (Lipinski definition) is 4. The van der Waals surface area contributed by atoms with Crippen LogP contribution in [0.1, 0.15) is 172 Å². The standard InChI is InChI=1S/2C34H45ClN2O6S/c2*1-3-27-8-4-5-16-34(39,22-42-2)29-12-9-25(29)19-37-20-33(15-6-7-23-17-26(35)11-13-28(23)33)21-43-31-14-10-24(18-30(31)37)32(38)36-44(27,40)41/h2*10-11,13-14,17-18,25,27,29,39H,3-9,12,15-16,19-22H2,1-2H3,(H,36,38)/t25-,27+,29+,33-,34+;25-,27+,29+,33-,34-/m00/s1. The monoisotopic (exact) mass is 1290 g/mol. The van der Waals surface area contributed by atoms with Gasteiger partial charge in [-0.2, -0.15) is 0 Å². The van der Waals surface area contributed by atoms with Crippen molar-refractivity contribution < 1.29 is 55.6 Å². The second-order valence-corrected chi connectivity index (χ2v) is 31.8. The molecule has 8 aliphatic rings. The molecule has 0 unspecified atom stereocenters. The lowest BCUT2D eigenvalue weighted by Gasteiger charge is -2.50. The normalized spacial score (nSPS) is 32.0. The average Bonchev–Trinajstić information content (AvgIpc) is 1.68.